The number of anilines is 1. The molecule has 0 fully saturated rings. The number of carbonyl (C=O) groups excluding carboxylic acids is 1. The molecule has 0 bridgehead atoms. The number of rotatable bonds is 8. The van der Waals surface area contributed by atoms with Crippen LogP contribution in [0.1, 0.15) is 29.4 Å². The normalized spacial score (nSPS) is 11.0. The molecule has 3 aromatic carbocycles. The number of nitrogens with zero attached hydrogens (tertiary/aromatic N) is 3. The fourth-order valence-electron chi connectivity index (χ4n) is 4.40. The SMILES string of the molecule is CCCN(C(=O)c1c(C)[nH]n(-c2ccccc2)c1=O)c1ccc(Sc2ccnc3cc(OC)ccc23)cc1. The van der Waals surface area contributed by atoms with Gasteiger partial charge in [0.25, 0.3) is 11.5 Å². The van der Waals surface area contributed by atoms with Crippen LogP contribution in [0.2, 0.25) is 0 Å². The van der Waals surface area contributed by atoms with Crippen molar-refractivity contribution in [2.24, 2.45) is 0 Å². The lowest BCUT2D eigenvalue weighted by atomic mass is 10.2. The number of methoxy groups -OCH3 is 1. The van der Waals surface area contributed by atoms with E-state index >= 15 is 0 Å². The first-order valence-electron chi connectivity index (χ1n) is 12.4. The molecule has 192 valence electrons. The van der Waals surface area contributed by atoms with E-state index in [1.807, 2.05) is 85.8 Å². The largest absolute Gasteiger partial charge is 0.497 e. The van der Waals surface area contributed by atoms with Crippen molar-refractivity contribution in [2.45, 2.75) is 30.1 Å². The fraction of sp³-hybridized carbons (Fsp3) is 0.167. The number of pyridine rings is 1. The van der Waals surface area contributed by atoms with Crippen LogP contribution in [0.15, 0.2) is 99.6 Å². The Bertz CT molecular complexity index is 1640. The summed E-state index contributed by atoms with van der Waals surface area (Å²) in [6.45, 7) is 4.27. The Morgan fingerprint density at radius 1 is 1.05 bits per heavy atom. The molecule has 0 aliphatic carbocycles. The Hall–Kier alpha value is -4.30. The number of para-hydroxylation sites is 1. The first kappa shape index (κ1) is 25.4. The minimum absolute atomic E-state index is 0.152. The summed E-state index contributed by atoms with van der Waals surface area (Å²) in [5.41, 5.74) is 2.64. The lowest BCUT2D eigenvalue weighted by Crippen LogP contribution is -2.35. The van der Waals surface area contributed by atoms with Gasteiger partial charge in [-0.05, 0) is 67.9 Å². The number of fused-ring (bicyclic) bond motifs is 1. The quantitative estimate of drug-likeness (QED) is 0.260. The Balaban J connectivity index is 1.42. The molecule has 8 heteroatoms. The number of H-pyrrole nitrogens is 1. The van der Waals surface area contributed by atoms with Gasteiger partial charge in [0, 0.05) is 45.4 Å². The number of aryl methyl sites for hydroxylation is 1. The zero-order valence-corrected chi connectivity index (χ0v) is 22.3. The number of carbonyl (C=O) groups is 1. The smallest absolute Gasteiger partial charge is 0.284 e. The topological polar surface area (TPSA) is 80.2 Å². The summed E-state index contributed by atoms with van der Waals surface area (Å²) in [4.78, 5) is 35.2. The van der Waals surface area contributed by atoms with Gasteiger partial charge in [-0.1, -0.05) is 36.9 Å². The molecule has 2 heterocycles. The van der Waals surface area contributed by atoms with Crippen LogP contribution in [0.3, 0.4) is 0 Å². The van der Waals surface area contributed by atoms with Gasteiger partial charge in [-0.15, -0.1) is 0 Å². The van der Waals surface area contributed by atoms with Gasteiger partial charge in [0.2, 0.25) is 0 Å². The molecule has 1 amide bonds. The van der Waals surface area contributed by atoms with Gasteiger partial charge in [-0.25, -0.2) is 4.68 Å². The highest BCUT2D eigenvalue weighted by atomic mass is 32.2. The van der Waals surface area contributed by atoms with Crippen LogP contribution < -0.4 is 15.2 Å². The summed E-state index contributed by atoms with van der Waals surface area (Å²) in [5, 5.41) is 4.10. The molecule has 0 radical (unpaired) electrons. The van der Waals surface area contributed by atoms with E-state index in [9.17, 15) is 9.59 Å². The molecular formula is C30H28N4O3S. The number of ether oxygens (including phenoxy) is 1. The number of benzene rings is 3. The van der Waals surface area contributed by atoms with Gasteiger partial charge in [0.1, 0.15) is 11.3 Å². The Morgan fingerprint density at radius 3 is 2.53 bits per heavy atom. The average Bonchev–Trinajstić information content (AvgIpc) is 3.25. The van der Waals surface area contributed by atoms with Crippen LogP contribution in [0.25, 0.3) is 16.6 Å². The number of aromatic nitrogens is 3. The summed E-state index contributed by atoms with van der Waals surface area (Å²) in [7, 11) is 1.64. The van der Waals surface area contributed by atoms with Crippen molar-refractivity contribution < 1.29 is 9.53 Å². The highest BCUT2D eigenvalue weighted by Crippen LogP contribution is 2.35. The highest BCUT2D eigenvalue weighted by Gasteiger charge is 2.25. The molecule has 0 aliphatic heterocycles. The average molecular weight is 525 g/mol. The summed E-state index contributed by atoms with van der Waals surface area (Å²) in [6.07, 6.45) is 2.55. The minimum atomic E-state index is -0.354. The second kappa shape index (κ2) is 11.0. The molecule has 38 heavy (non-hydrogen) atoms. The van der Waals surface area contributed by atoms with Crippen LogP contribution >= 0.6 is 11.8 Å². The third-order valence-corrected chi connectivity index (χ3v) is 7.36. The van der Waals surface area contributed by atoms with Gasteiger partial charge >= 0.3 is 0 Å². The summed E-state index contributed by atoms with van der Waals surface area (Å²) >= 11 is 1.63. The maximum atomic E-state index is 13.7. The monoisotopic (exact) mass is 524 g/mol. The first-order chi connectivity index (χ1) is 18.5. The molecule has 2 aromatic heterocycles. The molecule has 5 aromatic rings. The molecule has 0 aliphatic rings. The van der Waals surface area contributed by atoms with Crippen molar-refractivity contribution in [2.75, 3.05) is 18.6 Å². The van der Waals surface area contributed by atoms with E-state index in [1.165, 1.54) is 4.68 Å². The van der Waals surface area contributed by atoms with Crippen LogP contribution in [-0.4, -0.2) is 34.3 Å². The van der Waals surface area contributed by atoms with E-state index in [-0.39, 0.29) is 17.0 Å². The van der Waals surface area contributed by atoms with Crippen LogP contribution in [-0.2, 0) is 0 Å². The van der Waals surface area contributed by atoms with Gasteiger partial charge in [0.15, 0.2) is 0 Å². The van der Waals surface area contributed by atoms with Crippen molar-refractivity contribution in [3.63, 3.8) is 0 Å². The maximum Gasteiger partial charge on any atom is 0.284 e. The molecule has 0 saturated carbocycles. The zero-order valence-electron chi connectivity index (χ0n) is 21.5. The number of nitrogens with one attached hydrogen (secondary N) is 1. The molecule has 0 saturated heterocycles. The van der Waals surface area contributed by atoms with E-state index < -0.39 is 0 Å². The predicted molar refractivity (Wildman–Crippen MR) is 152 cm³/mol. The van der Waals surface area contributed by atoms with Gasteiger partial charge in [0.05, 0.1) is 18.3 Å². The van der Waals surface area contributed by atoms with E-state index in [0.717, 1.165) is 38.6 Å². The highest BCUT2D eigenvalue weighted by molar-refractivity contribution is 7.99. The third kappa shape index (κ3) is 4.95. The lowest BCUT2D eigenvalue weighted by Gasteiger charge is -2.22. The summed E-state index contributed by atoms with van der Waals surface area (Å²) < 4.78 is 6.74. The molecule has 5 rings (SSSR count). The van der Waals surface area contributed by atoms with Gasteiger partial charge in [-0.3, -0.25) is 19.7 Å². The summed E-state index contributed by atoms with van der Waals surface area (Å²) in [5.74, 6) is 0.458. The van der Waals surface area contributed by atoms with Crippen LogP contribution in [0.4, 0.5) is 5.69 Å². The molecular weight excluding hydrogens is 496 g/mol. The van der Waals surface area contributed by atoms with E-state index in [4.69, 9.17) is 4.74 Å². The van der Waals surface area contributed by atoms with Gasteiger partial charge < -0.3 is 9.64 Å². The standard InChI is InChI=1S/C30H28N4O3S/c1-4-18-33(29(35)28-20(2)32-34(30(28)36)22-8-6-5-7-9-22)21-10-13-24(14-11-21)38-27-16-17-31-26-19-23(37-3)12-15-25(26)27/h5-17,19,32H,4,18H2,1-3H3. The number of hydrogen-bond acceptors (Lipinski definition) is 5. The number of amides is 1. The predicted octanol–water partition coefficient (Wildman–Crippen LogP) is 6.24. The summed E-state index contributed by atoms with van der Waals surface area (Å²) in [6, 6.07) is 25.0. The Kier molecular flexibility index (Phi) is 7.33. The van der Waals surface area contributed by atoms with Crippen molar-refractivity contribution in [1.82, 2.24) is 14.8 Å². The fourth-order valence-corrected chi connectivity index (χ4v) is 5.34. The van der Waals surface area contributed by atoms with Crippen molar-refractivity contribution in [3.05, 3.63) is 107 Å². The Labute approximate surface area is 225 Å². The molecule has 0 spiro atoms. The van der Waals surface area contributed by atoms with E-state index in [0.29, 0.717) is 17.9 Å². The number of hydrogen-bond donors (Lipinski definition) is 1. The number of aromatic amines is 1. The minimum Gasteiger partial charge on any atom is -0.497 e. The van der Waals surface area contributed by atoms with Crippen LogP contribution in [0.5, 0.6) is 5.75 Å². The Morgan fingerprint density at radius 2 is 1.82 bits per heavy atom. The van der Waals surface area contributed by atoms with E-state index in [1.54, 1.807) is 36.9 Å². The molecule has 7 nitrogen and oxygen atoms in total. The van der Waals surface area contributed by atoms with Crippen molar-refractivity contribution >= 4 is 34.3 Å². The van der Waals surface area contributed by atoms with Gasteiger partial charge in [-0.2, -0.15) is 0 Å². The van der Waals surface area contributed by atoms with Crippen molar-refractivity contribution in [3.8, 4) is 11.4 Å². The lowest BCUT2D eigenvalue weighted by molar-refractivity contribution is 0.0985. The maximum absolute atomic E-state index is 13.7. The van der Waals surface area contributed by atoms with Crippen molar-refractivity contribution in [1.29, 1.82) is 0 Å². The molecule has 0 atom stereocenters. The zero-order chi connectivity index (χ0) is 26.6. The van der Waals surface area contributed by atoms with E-state index in [2.05, 4.69) is 10.1 Å². The molecule has 1 N–H and O–H groups in total. The van der Waals surface area contributed by atoms with Crippen LogP contribution in [0, 0.1) is 6.92 Å². The second-order valence-corrected chi connectivity index (χ2v) is 9.95. The second-order valence-electron chi connectivity index (χ2n) is 8.83. The third-order valence-electron chi connectivity index (χ3n) is 6.28. The first-order valence-corrected chi connectivity index (χ1v) is 13.2. The molecule has 0 unspecified atom stereocenters.